The largest absolute Gasteiger partial charge is 0.459 e. The van der Waals surface area contributed by atoms with Crippen molar-refractivity contribution < 1.29 is 37.7 Å². The normalized spacial score (nSPS) is 22.3. The van der Waals surface area contributed by atoms with Crippen LogP contribution in [0.3, 0.4) is 0 Å². The van der Waals surface area contributed by atoms with E-state index in [0.29, 0.717) is 5.56 Å². The maximum atomic E-state index is 15.2. The Balaban J connectivity index is 1.71. The fourth-order valence-electron chi connectivity index (χ4n) is 3.11. The van der Waals surface area contributed by atoms with E-state index in [1.165, 1.54) is 12.1 Å². The highest BCUT2D eigenvalue weighted by Gasteiger charge is 2.49. The highest BCUT2D eigenvalue weighted by molar-refractivity contribution is 5.90. The Labute approximate surface area is 191 Å². The van der Waals surface area contributed by atoms with E-state index in [2.05, 4.69) is 5.32 Å². The molecular formula is C24H26FNO7. The second kappa shape index (κ2) is 10.4. The van der Waals surface area contributed by atoms with E-state index < -0.39 is 54.8 Å². The maximum Gasteiger partial charge on any atom is 0.409 e. The lowest BCUT2D eigenvalue weighted by Crippen LogP contribution is -2.44. The Morgan fingerprint density at radius 3 is 2.03 bits per heavy atom. The van der Waals surface area contributed by atoms with Gasteiger partial charge in [-0.2, -0.15) is 0 Å². The number of hydrogen-bond acceptors (Lipinski definition) is 7. The Kier molecular flexibility index (Phi) is 7.65. The smallest absolute Gasteiger partial charge is 0.409 e. The van der Waals surface area contributed by atoms with E-state index in [4.69, 9.17) is 18.9 Å². The van der Waals surface area contributed by atoms with Crippen LogP contribution >= 0.6 is 0 Å². The van der Waals surface area contributed by atoms with Gasteiger partial charge in [0.1, 0.15) is 18.3 Å². The third kappa shape index (κ3) is 6.76. The summed E-state index contributed by atoms with van der Waals surface area (Å²) in [4.78, 5) is 36.9. The van der Waals surface area contributed by atoms with Gasteiger partial charge in [0.15, 0.2) is 18.5 Å². The van der Waals surface area contributed by atoms with Crippen LogP contribution in [0.4, 0.5) is 9.18 Å². The lowest BCUT2D eigenvalue weighted by atomic mass is 10.1. The van der Waals surface area contributed by atoms with Crippen molar-refractivity contribution in [1.82, 2.24) is 5.32 Å². The van der Waals surface area contributed by atoms with Gasteiger partial charge in [0, 0.05) is 0 Å². The number of hydrogen-bond donors (Lipinski definition) is 1. The van der Waals surface area contributed by atoms with Crippen LogP contribution in [-0.4, -0.2) is 54.8 Å². The van der Waals surface area contributed by atoms with Gasteiger partial charge in [-0.15, -0.1) is 0 Å². The summed E-state index contributed by atoms with van der Waals surface area (Å²) in [5, 5.41) is 2.29. The second-order valence-corrected chi connectivity index (χ2v) is 8.39. The van der Waals surface area contributed by atoms with Gasteiger partial charge in [-0.3, -0.25) is 5.32 Å². The van der Waals surface area contributed by atoms with Crippen molar-refractivity contribution in [2.45, 2.75) is 51.0 Å². The predicted octanol–water partition coefficient (Wildman–Crippen LogP) is 3.66. The zero-order valence-electron chi connectivity index (χ0n) is 18.5. The van der Waals surface area contributed by atoms with Crippen molar-refractivity contribution in [2.24, 2.45) is 0 Å². The summed E-state index contributed by atoms with van der Waals surface area (Å²) in [6.07, 6.45) is -6.87. The van der Waals surface area contributed by atoms with Gasteiger partial charge in [0.2, 0.25) is 0 Å². The topological polar surface area (TPSA) is 100 Å². The number of alkyl carbamates (subject to hydrolysis) is 1. The number of carbonyl (C=O) groups excluding carboxylic acids is 3. The molecule has 1 saturated heterocycles. The molecule has 1 unspecified atom stereocenters. The lowest BCUT2D eigenvalue weighted by molar-refractivity contribution is -0.0493. The van der Waals surface area contributed by atoms with Crippen LogP contribution in [-0.2, 0) is 18.9 Å². The molecule has 1 fully saturated rings. The zero-order valence-corrected chi connectivity index (χ0v) is 18.5. The van der Waals surface area contributed by atoms with E-state index in [0.717, 1.165) is 0 Å². The van der Waals surface area contributed by atoms with Crippen molar-refractivity contribution in [1.29, 1.82) is 0 Å². The van der Waals surface area contributed by atoms with Crippen LogP contribution in [0.25, 0.3) is 0 Å². The van der Waals surface area contributed by atoms with Crippen molar-refractivity contribution in [3.05, 3.63) is 71.8 Å². The Morgan fingerprint density at radius 1 is 0.939 bits per heavy atom. The minimum Gasteiger partial charge on any atom is -0.459 e. The molecule has 1 N–H and O–H groups in total. The highest BCUT2D eigenvalue weighted by Crippen LogP contribution is 2.27. The number of benzene rings is 2. The molecule has 8 nitrogen and oxygen atoms in total. The molecule has 0 radical (unpaired) electrons. The maximum absolute atomic E-state index is 15.2. The molecule has 2 aromatic rings. The number of rotatable bonds is 6. The molecule has 0 saturated carbocycles. The molecule has 0 aliphatic carbocycles. The molecule has 2 aromatic carbocycles. The van der Waals surface area contributed by atoms with Crippen LogP contribution < -0.4 is 5.32 Å². The van der Waals surface area contributed by atoms with Crippen LogP contribution in [0.15, 0.2) is 60.7 Å². The zero-order chi connectivity index (χ0) is 24.0. The van der Waals surface area contributed by atoms with E-state index in [9.17, 15) is 14.4 Å². The molecule has 1 aliphatic rings. The Hall–Kier alpha value is -3.46. The Morgan fingerprint density at radius 2 is 1.48 bits per heavy atom. The molecule has 3 rings (SSSR count). The van der Waals surface area contributed by atoms with Crippen LogP contribution in [0, 0.1) is 0 Å². The molecule has 1 heterocycles. The molecule has 1 aliphatic heterocycles. The van der Waals surface area contributed by atoms with Gasteiger partial charge >= 0.3 is 18.0 Å². The molecule has 176 valence electrons. The van der Waals surface area contributed by atoms with Gasteiger partial charge in [0.05, 0.1) is 11.1 Å². The van der Waals surface area contributed by atoms with Gasteiger partial charge < -0.3 is 18.9 Å². The van der Waals surface area contributed by atoms with Crippen LogP contribution in [0.1, 0.15) is 41.5 Å². The van der Waals surface area contributed by atoms with E-state index >= 15 is 4.39 Å². The average Bonchev–Trinajstić information content (AvgIpc) is 3.06. The number of amides is 1. The molecular weight excluding hydrogens is 433 g/mol. The Bertz CT molecular complexity index is 962. The summed E-state index contributed by atoms with van der Waals surface area (Å²) < 4.78 is 36.5. The van der Waals surface area contributed by atoms with E-state index in [-0.39, 0.29) is 5.56 Å². The van der Waals surface area contributed by atoms with Crippen molar-refractivity contribution >= 4 is 18.0 Å². The van der Waals surface area contributed by atoms with E-state index in [1.807, 2.05) is 0 Å². The molecule has 4 atom stereocenters. The third-order valence-corrected chi connectivity index (χ3v) is 4.59. The summed E-state index contributed by atoms with van der Waals surface area (Å²) in [5.41, 5.74) is -0.292. The first-order chi connectivity index (χ1) is 15.6. The average molecular weight is 459 g/mol. The van der Waals surface area contributed by atoms with Crippen molar-refractivity contribution in [3.8, 4) is 0 Å². The fraction of sp³-hybridized carbons (Fsp3) is 0.375. The van der Waals surface area contributed by atoms with Crippen LogP contribution in [0.5, 0.6) is 0 Å². The summed E-state index contributed by atoms with van der Waals surface area (Å²) in [6, 6.07) is 16.3. The molecule has 0 aromatic heterocycles. The number of nitrogens with one attached hydrogen (secondary N) is 1. The number of alkyl halides is 1. The highest BCUT2D eigenvalue weighted by atomic mass is 19.1. The minimum atomic E-state index is -1.93. The molecule has 0 bridgehead atoms. The summed E-state index contributed by atoms with van der Waals surface area (Å²) in [7, 11) is 0. The quantitative estimate of drug-likeness (QED) is 0.520. The monoisotopic (exact) mass is 459 g/mol. The third-order valence-electron chi connectivity index (χ3n) is 4.59. The van der Waals surface area contributed by atoms with Gasteiger partial charge in [-0.25, -0.2) is 18.8 Å². The number of carbonyl (C=O) groups is 3. The number of ether oxygens (including phenoxy) is 4. The standard InChI is InChI=1S/C24H26FNO7/c1-24(2,3)33-23(29)26-20-18(25)19(32-22(28)16-12-8-5-9-13-16)17(31-20)14-30-21(27)15-10-6-4-7-11-15/h4-13,17-20H,14H2,1-3H3,(H,26,29)/t17-,18+,19-,20?/m1/s1. The molecule has 9 heteroatoms. The minimum absolute atomic E-state index is 0.216. The molecule has 0 spiro atoms. The fourth-order valence-corrected chi connectivity index (χ4v) is 3.11. The predicted molar refractivity (Wildman–Crippen MR) is 115 cm³/mol. The first kappa shape index (κ1) is 24.2. The summed E-state index contributed by atoms with van der Waals surface area (Å²) in [6.45, 7) is 4.58. The first-order valence-corrected chi connectivity index (χ1v) is 10.4. The van der Waals surface area contributed by atoms with Gasteiger partial charge in [0.25, 0.3) is 0 Å². The number of halogens is 1. The van der Waals surface area contributed by atoms with Crippen molar-refractivity contribution in [3.63, 3.8) is 0 Å². The van der Waals surface area contributed by atoms with Crippen molar-refractivity contribution in [2.75, 3.05) is 6.61 Å². The SMILES string of the molecule is CC(C)(C)OC(=O)NC1O[C@H](COC(=O)c2ccccc2)[C@@H](OC(=O)c2ccccc2)[C@@H]1F. The second-order valence-electron chi connectivity index (χ2n) is 8.39. The summed E-state index contributed by atoms with van der Waals surface area (Å²) >= 11 is 0. The van der Waals surface area contributed by atoms with Gasteiger partial charge in [-0.05, 0) is 45.0 Å². The number of esters is 2. The molecule has 33 heavy (non-hydrogen) atoms. The summed E-state index contributed by atoms with van der Waals surface area (Å²) in [5.74, 6) is -1.42. The lowest BCUT2D eigenvalue weighted by Gasteiger charge is -2.22. The van der Waals surface area contributed by atoms with Crippen LogP contribution in [0.2, 0.25) is 0 Å². The van der Waals surface area contributed by atoms with Gasteiger partial charge in [-0.1, -0.05) is 36.4 Å². The first-order valence-electron chi connectivity index (χ1n) is 10.4. The van der Waals surface area contributed by atoms with E-state index in [1.54, 1.807) is 69.3 Å². The molecule has 1 amide bonds.